The molecule has 25 heavy (non-hydrogen) atoms. The lowest BCUT2D eigenvalue weighted by molar-refractivity contribution is -1.02. The van der Waals surface area contributed by atoms with E-state index in [0.29, 0.717) is 0 Å². The number of piperazine rings is 1. The maximum Gasteiger partial charge on any atom is 0.131 e. The number of methoxy groups -OCH3 is 2. The predicted octanol–water partition coefficient (Wildman–Crippen LogP) is 0.199. The summed E-state index contributed by atoms with van der Waals surface area (Å²) in [4.78, 5) is 3.51. The highest BCUT2D eigenvalue weighted by Gasteiger charge is 2.38. The minimum atomic E-state index is 0.866. The molecule has 0 aromatic heterocycles. The van der Waals surface area contributed by atoms with Crippen molar-refractivity contribution in [3.05, 3.63) is 35.9 Å². The van der Waals surface area contributed by atoms with Gasteiger partial charge in [-0.25, -0.2) is 0 Å². The van der Waals surface area contributed by atoms with Crippen LogP contribution in [0.1, 0.15) is 18.4 Å². The topological polar surface area (TPSA) is 27.3 Å². The molecule has 1 saturated heterocycles. The molecule has 2 aliphatic carbocycles. The van der Waals surface area contributed by atoms with Gasteiger partial charge >= 0.3 is 0 Å². The number of hydrogen-bond acceptors (Lipinski definition) is 2. The van der Waals surface area contributed by atoms with Gasteiger partial charge in [-0.05, 0) is 36.8 Å². The molecule has 1 heterocycles. The van der Waals surface area contributed by atoms with Gasteiger partial charge in [0.25, 0.3) is 0 Å². The Kier molecular flexibility index (Phi) is 5.00. The van der Waals surface area contributed by atoms with Crippen molar-refractivity contribution in [2.24, 2.45) is 17.8 Å². The number of hydrogen-bond donors (Lipinski definition) is 2. The van der Waals surface area contributed by atoms with Crippen molar-refractivity contribution < 1.29 is 19.3 Å². The second-order valence-corrected chi connectivity index (χ2v) is 8.10. The van der Waals surface area contributed by atoms with Gasteiger partial charge in [-0.15, -0.1) is 0 Å². The maximum absolute atomic E-state index is 5.56. The van der Waals surface area contributed by atoms with E-state index in [4.69, 9.17) is 9.47 Å². The van der Waals surface area contributed by atoms with Crippen LogP contribution in [0.2, 0.25) is 0 Å². The van der Waals surface area contributed by atoms with E-state index in [1.54, 1.807) is 19.1 Å². The van der Waals surface area contributed by atoms with E-state index in [0.717, 1.165) is 35.8 Å². The SMILES string of the molecule is COc1ccc(C[NH+]2CC[NH+](C[C@H]3C[C@H]4C=C[C@H]3C4)CC2)c(OC)c1. The first-order valence-electron chi connectivity index (χ1n) is 9.81. The van der Waals surface area contributed by atoms with E-state index in [2.05, 4.69) is 18.2 Å². The van der Waals surface area contributed by atoms with E-state index >= 15 is 0 Å². The summed E-state index contributed by atoms with van der Waals surface area (Å²) >= 11 is 0. The molecule has 3 atom stereocenters. The Morgan fingerprint density at radius 1 is 0.960 bits per heavy atom. The van der Waals surface area contributed by atoms with Gasteiger partial charge in [-0.1, -0.05) is 12.2 Å². The molecular weight excluding hydrogens is 312 g/mol. The Hall–Kier alpha value is -1.52. The third-order valence-corrected chi connectivity index (χ3v) is 6.57. The second-order valence-electron chi connectivity index (χ2n) is 8.10. The maximum atomic E-state index is 5.56. The van der Waals surface area contributed by atoms with Gasteiger partial charge < -0.3 is 19.3 Å². The first-order valence-corrected chi connectivity index (χ1v) is 9.81. The van der Waals surface area contributed by atoms with Crippen molar-refractivity contribution >= 4 is 0 Å². The summed E-state index contributed by atoms with van der Waals surface area (Å²) in [6, 6.07) is 6.20. The zero-order valence-corrected chi connectivity index (χ0v) is 15.6. The number of rotatable bonds is 6. The van der Waals surface area contributed by atoms with Crippen LogP contribution in [-0.4, -0.2) is 46.9 Å². The van der Waals surface area contributed by atoms with E-state index in [1.807, 2.05) is 17.0 Å². The zero-order valence-electron chi connectivity index (χ0n) is 15.6. The molecule has 0 spiro atoms. The molecule has 0 amide bonds. The van der Waals surface area contributed by atoms with Gasteiger partial charge in [0.05, 0.1) is 20.8 Å². The highest BCUT2D eigenvalue weighted by Crippen LogP contribution is 2.42. The summed E-state index contributed by atoms with van der Waals surface area (Å²) in [6.45, 7) is 7.60. The molecule has 1 aromatic rings. The molecule has 2 fully saturated rings. The van der Waals surface area contributed by atoms with Gasteiger partial charge in [0.2, 0.25) is 0 Å². The summed E-state index contributed by atoms with van der Waals surface area (Å²) in [7, 11) is 3.45. The van der Waals surface area contributed by atoms with Gasteiger partial charge in [0, 0.05) is 17.5 Å². The average Bonchev–Trinajstić information content (AvgIpc) is 3.26. The fourth-order valence-corrected chi connectivity index (χ4v) is 5.11. The van der Waals surface area contributed by atoms with Gasteiger partial charge in [-0.3, -0.25) is 0 Å². The molecule has 1 aromatic carbocycles. The smallest absolute Gasteiger partial charge is 0.131 e. The Morgan fingerprint density at radius 2 is 1.76 bits per heavy atom. The number of ether oxygens (including phenoxy) is 2. The van der Waals surface area contributed by atoms with Crippen LogP contribution >= 0.6 is 0 Å². The quantitative estimate of drug-likeness (QED) is 0.722. The van der Waals surface area contributed by atoms with Crippen LogP contribution < -0.4 is 19.3 Å². The summed E-state index contributed by atoms with van der Waals surface area (Å²) in [5.41, 5.74) is 1.29. The Bertz CT molecular complexity index is 622. The molecule has 0 unspecified atom stereocenters. The first kappa shape index (κ1) is 16.9. The molecule has 4 heteroatoms. The van der Waals surface area contributed by atoms with Crippen LogP contribution in [-0.2, 0) is 6.54 Å². The number of quaternary nitrogens is 2. The molecule has 3 aliphatic rings. The second kappa shape index (κ2) is 7.38. The van der Waals surface area contributed by atoms with Crippen molar-refractivity contribution in [1.82, 2.24) is 0 Å². The van der Waals surface area contributed by atoms with Crippen molar-refractivity contribution in [2.45, 2.75) is 19.4 Å². The van der Waals surface area contributed by atoms with E-state index in [1.165, 1.54) is 51.1 Å². The summed E-state index contributed by atoms with van der Waals surface area (Å²) in [5, 5.41) is 0. The molecule has 4 nitrogen and oxygen atoms in total. The molecular formula is C21H32N2O2+2. The monoisotopic (exact) mass is 344 g/mol. The molecule has 4 rings (SSSR count). The van der Waals surface area contributed by atoms with E-state index < -0.39 is 0 Å². The molecule has 2 N–H and O–H groups in total. The van der Waals surface area contributed by atoms with Crippen LogP contribution in [0.5, 0.6) is 11.5 Å². The van der Waals surface area contributed by atoms with Crippen molar-refractivity contribution in [3.63, 3.8) is 0 Å². The lowest BCUT2D eigenvalue weighted by atomic mass is 9.93. The van der Waals surface area contributed by atoms with Crippen LogP contribution in [0.25, 0.3) is 0 Å². The van der Waals surface area contributed by atoms with E-state index in [9.17, 15) is 0 Å². The number of benzene rings is 1. The van der Waals surface area contributed by atoms with Crippen LogP contribution in [0, 0.1) is 17.8 Å². The van der Waals surface area contributed by atoms with Crippen LogP contribution in [0.4, 0.5) is 0 Å². The largest absolute Gasteiger partial charge is 0.497 e. The molecule has 136 valence electrons. The third kappa shape index (κ3) is 3.70. The minimum absolute atomic E-state index is 0.866. The zero-order chi connectivity index (χ0) is 17.2. The summed E-state index contributed by atoms with van der Waals surface area (Å²) in [6.07, 6.45) is 7.84. The fraction of sp³-hybridized carbons (Fsp3) is 0.619. The average molecular weight is 344 g/mol. The minimum Gasteiger partial charge on any atom is -0.497 e. The first-order chi connectivity index (χ1) is 12.2. The lowest BCUT2D eigenvalue weighted by Gasteiger charge is -2.32. The summed E-state index contributed by atoms with van der Waals surface area (Å²) < 4.78 is 10.9. The highest BCUT2D eigenvalue weighted by molar-refractivity contribution is 5.40. The Balaban J connectivity index is 1.28. The molecule has 2 bridgehead atoms. The van der Waals surface area contributed by atoms with Crippen LogP contribution in [0.3, 0.4) is 0 Å². The van der Waals surface area contributed by atoms with Gasteiger partial charge in [-0.2, -0.15) is 0 Å². The van der Waals surface area contributed by atoms with Crippen molar-refractivity contribution in [1.29, 1.82) is 0 Å². The molecule has 1 aliphatic heterocycles. The van der Waals surface area contributed by atoms with Crippen molar-refractivity contribution in [2.75, 3.05) is 46.9 Å². The standard InChI is InChI=1S/C21H30N2O2/c1-24-20-6-5-18(21(13-20)25-2)14-22-7-9-23(10-8-22)15-19-12-16-3-4-17(19)11-16/h3-6,13,16-17,19H,7-12,14-15H2,1-2H3/p+2/t16-,17-,19+/m0/s1. The van der Waals surface area contributed by atoms with Crippen LogP contribution in [0.15, 0.2) is 30.4 Å². The number of nitrogens with one attached hydrogen (secondary N) is 2. The highest BCUT2D eigenvalue weighted by atomic mass is 16.5. The predicted molar refractivity (Wildman–Crippen MR) is 98.4 cm³/mol. The van der Waals surface area contributed by atoms with E-state index in [-0.39, 0.29) is 0 Å². The lowest BCUT2D eigenvalue weighted by Crippen LogP contribution is -3.27. The molecule has 0 radical (unpaired) electrons. The molecule has 1 saturated carbocycles. The Labute approximate surface area is 151 Å². The summed E-state index contributed by atoms with van der Waals surface area (Å²) in [5.74, 6) is 4.57. The van der Waals surface area contributed by atoms with Gasteiger partial charge in [0.15, 0.2) is 0 Å². The fourth-order valence-electron chi connectivity index (χ4n) is 5.11. The number of fused-ring (bicyclic) bond motifs is 2. The third-order valence-electron chi connectivity index (χ3n) is 6.57. The van der Waals surface area contributed by atoms with Gasteiger partial charge in [0.1, 0.15) is 44.2 Å². The number of allylic oxidation sites excluding steroid dienone is 2. The normalized spacial score (nSPS) is 33.6. The Morgan fingerprint density at radius 3 is 2.40 bits per heavy atom. The van der Waals surface area contributed by atoms with Crippen molar-refractivity contribution in [3.8, 4) is 11.5 Å².